The lowest BCUT2D eigenvalue weighted by molar-refractivity contribution is 0.301. The normalized spacial score (nSPS) is 12.0. The Balaban J connectivity index is 1.65. The minimum Gasteiger partial charge on any atom is -0.489 e. The minimum absolute atomic E-state index is 0.327. The van der Waals surface area contributed by atoms with E-state index in [1.54, 1.807) is 11.3 Å². The zero-order valence-electron chi connectivity index (χ0n) is 15.9. The van der Waals surface area contributed by atoms with Crippen molar-refractivity contribution in [3.05, 3.63) is 75.8 Å². The van der Waals surface area contributed by atoms with Gasteiger partial charge in [-0.1, -0.05) is 55.0 Å². The highest BCUT2D eigenvalue weighted by Crippen LogP contribution is 2.28. The maximum absolute atomic E-state index is 6.13. The number of hydrogen-bond donors (Lipinski definition) is 1. The maximum atomic E-state index is 6.13. The zero-order chi connectivity index (χ0) is 18.5. The van der Waals surface area contributed by atoms with Crippen LogP contribution in [0.25, 0.3) is 0 Å². The first kappa shape index (κ1) is 18.5. The fourth-order valence-electron chi connectivity index (χ4n) is 2.88. The van der Waals surface area contributed by atoms with Gasteiger partial charge < -0.3 is 10.1 Å². The third-order valence-electron chi connectivity index (χ3n) is 4.51. The van der Waals surface area contributed by atoms with E-state index in [2.05, 4.69) is 80.5 Å². The van der Waals surface area contributed by atoms with Crippen LogP contribution in [0.15, 0.2) is 48.5 Å². The lowest BCUT2D eigenvalue weighted by Crippen LogP contribution is -2.11. The summed E-state index contributed by atoms with van der Waals surface area (Å²) in [5, 5.41) is 4.46. The van der Waals surface area contributed by atoms with Crippen molar-refractivity contribution in [2.24, 2.45) is 0 Å². The van der Waals surface area contributed by atoms with Gasteiger partial charge in [-0.15, -0.1) is 11.3 Å². The number of ether oxygens (including phenoxy) is 1. The lowest BCUT2D eigenvalue weighted by atomic mass is 10.00. The maximum Gasteiger partial charge on any atom is 0.183 e. The number of hydrogen-bond acceptors (Lipinski definition) is 4. The first-order valence-electron chi connectivity index (χ1n) is 8.98. The van der Waals surface area contributed by atoms with Crippen molar-refractivity contribution in [1.82, 2.24) is 4.98 Å². The molecule has 0 aliphatic carbocycles. The molecule has 0 aliphatic rings. The van der Waals surface area contributed by atoms with Gasteiger partial charge in [0.05, 0.1) is 5.69 Å². The highest BCUT2D eigenvalue weighted by atomic mass is 32.1. The Hall–Kier alpha value is -2.33. The highest BCUT2D eigenvalue weighted by molar-refractivity contribution is 7.15. The first-order valence-corrected chi connectivity index (χ1v) is 9.79. The predicted octanol–water partition coefficient (Wildman–Crippen LogP) is 5.86. The predicted molar refractivity (Wildman–Crippen MR) is 110 cm³/mol. The molecule has 1 N–H and O–H groups in total. The summed E-state index contributed by atoms with van der Waals surface area (Å²) in [6, 6.07) is 16.8. The van der Waals surface area contributed by atoms with E-state index in [0.29, 0.717) is 12.5 Å². The molecule has 1 atom stereocenters. The standard InChI is InChI=1S/C22H26N2OS/c1-15-8-7-9-19(12-15)14-25-21-11-6-5-10-20(21)16(2)13-23-22-24-17(3)18(4)26-22/h5-12,16H,13-14H2,1-4H3,(H,23,24). The summed E-state index contributed by atoms with van der Waals surface area (Å²) in [5.74, 6) is 1.28. The number of rotatable bonds is 7. The second kappa shape index (κ2) is 8.37. The molecule has 0 saturated heterocycles. The second-order valence-electron chi connectivity index (χ2n) is 6.76. The van der Waals surface area contributed by atoms with Gasteiger partial charge >= 0.3 is 0 Å². The molecular formula is C22H26N2OS. The summed E-state index contributed by atoms with van der Waals surface area (Å²) in [6.45, 7) is 9.90. The largest absolute Gasteiger partial charge is 0.489 e. The molecule has 0 radical (unpaired) electrons. The van der Waals surface area contributed by atoms with E-state index in [4.69, 9.17) is 4.74 Å². The highest BCUT2D eigenvalue weighted by Gasteiger charge is 2.13. The van der Waals surface area contributed by atoms with Gasteiger partial charge in [-0.3, -0.25) is 0 Å². The Morgan fingerprint density at radius 3 is 2.62 bits per heavy atom. The molecule has 4 heteroatoms. The van der Waals surface area contributed by atoms with Gasteiger partial charge in [-0.25, -0.2) is 4.98 Å². The van der Waals surface area contributed by atoms with E-state index >= 15 is 0 Å². The van der Waals surface area contributed by atoms with Gasteiger partial charge in [0, 0.05) is 17.3 Å². The van der Waals surface area contributed by atoms with Crippen molar-refractivity contribution >= 4 is 16.5 Å². The van der Waals surface area contributed by atoms with Gasteiger partial charge in [0.2, 0.25) is 0 Å². The Bertz CT molecular complexity index is 853. The number of para-hydroxylation sites is 1. The molecule has 0 bridgehead atoms. The molecule has 0 saturated carbocycles. The van der Waals surface area contributed by atoms with Gasteiger partial charge in [-0.2, -0.15) is 0 Å². The van der Waals surface area contributed by atoms with Crippen LogP contribution in [0.2, 0.25) is 0 Å². The number of aromatic nitrogens is 1. The van der Waals surface area contributed by atoms with Crippen LogP contribution >= 0.6 is 11.3 Å². The fraction of sp³-hybridized carbons (Fsp3) is 0.318. The molecule has 3 nitrogen and oxygen atoms in total. The lowest BCUT2D eigenvalue weighted by Gasteiger charge is -2.17. The first-order chi connectivity index (χ1) is 12.5. The van der Waals surface area contributed by atoms with Crippen LogP contribution in [0.4, 0.5) is 5.13 Å². The Labute approximate surface area is 160 Å². The van der Waals surface area contributed by atoms with Crippen molar-refractivity contribution in [2.75, 3.05) is 11.9 Å². The van der Waals surface area contributed by atoms with Crippen LogP contribution < -0.4 is 10.1 Å². The smallest absolute Gasteiger partial charge is 0.183 e. The number of nitrogens with zero attached hydrogens (tertiary/aromatic N) is 1. The second-order valence-corrected chi connectivity index (χ2v) is 7.96. The van der Waals surface area contributed by atoms with E-state index < -0.39 is 0 Å². The number of thiazole rings is 1. The molecule has 1 aromatic heterocycles. The quantitative estimate of drug-likeness (QED) is 0.568. The van der Waals surface area contributed by atoms with E-state index in [1.807, 2.05) is 6.07 Å². The van der Waals surface area contributed by atoms with Gasteiger partial charge in [0.15, 0.2) is 5.13 Å². The molecule has 1 heterocycles. The van der Waals surface area contributed by atoms with Crippen LogP contribution in [0, 0.1) is 20.8 Å². The summed E-state index contributed by atoms with van der Waals surface area (Å²) in [5.41, 5.74) is 4.77. The van der Waals surface area contributed by atoms with E-state index in [-0.39, 0.29) is 0 Å². The SMILES string of the molecule is Cc1cccc(COc2ccccc2C(C)CNc2nc(C)c(C)s2)c1. The van der Waals surface area contributed by atoms with Crippen LogP contribution in [-0.4, -0.2) is 11.5 Å². The van der Waals surface area contributed by atoms with Crippen molar-refractivity contribution < 1.29 is 4.74 Å². The average Bonchev–Trinajstić information content (AvgIpc) is 2.96. The van der Waals surface area contributed by atoms with Crippen molar-refractivity contribution in [3.63, 3.8) is 0 Å². The summed E-state index contributed by atoms with van der Waals surface area (Å²) >= 11 is 1.71. The molecule has 26 heavy (non-hydrogen) atoms. The molecule has 0 fully saturated rings. The summed E-state index contributed by atoms with van der Waals surface area (Å²) < 4.78 is 6.13. The van der Waals surface area contributed by atoms with Gasteiger partial charge in [0.25, 0.3) is 0 Å². The third kappa shape index (κ3) is 4.64. The number of benzene rings is 2. The Kier molecular flexibility index (Phi) is 5.94. The van der Waals surface area contributed by atoms with Crippen LogP contribution in [0.3, 0.4) is 0 Å². The van der Waals surface area contributed by atoms with Crippen LogP contribution in [0.5, 0.6) is 5.75 Å². The molecule has 1 unspecified atom stereocenters. The van der Waals surface area contributed by atoms with Crippen molar-refractivity contribution in [1.29, 1.82) is 0 Å². The van der Waals surface area contributed by atoms with E-state index in [0.717, 1.165) is 23.1 Å². The molecule has 0 aliphatic heterocycles. The topological polar surface area (TPSA) is 34.1 Å². The summed E-state index contributed by atoms with van der Waals surface area (Å²) in [6.07, 6.45) is 0. The van der Waals surface area contributed by atoms with Crippen LogP contribution in [0.1, 0.15) is 40.1 Å². The summed E-state index contributed by atoms with van der Waals surface area (Å²) in [4.78, 5) is 5.82. The molecule has 3 rings (SSSR count). The Morgan fingerprint density at radius 1 is 1.08 bits per heavy atom. The molecule has 2 aromatic carbocycles. The van der Waals surface area contributed by atoms with Crippen molar-refractivity contribution in [2.45, 2.75) is 40.2 Å². The summed E-state index contributed by atoms with van der Waals surface area (Å²) in [7, 11) is 0. The van der Waals surface area contributed by atoms with Gasteiger partial charge in [0.1, 0.15) is 12.4 Å². The number of anilines is 1. The molecule has 3 aromatic rings. The molecule has 136 valence electrons. The fourth-order valence-corrected chi connectivity index (χ4v) is 3.70. The average molecular weight is 367 g/mol. The minimum atomic E-state index is 0.327. The molecular weight excluding hydrogens is 340 g/mol. The monoisotopic (exact) mass is 366 g/mol. The molecule has 0 spiro atoms. The van der Waals surface area contributed by atoms with E-state index in [1.165, 1.54) is 21.6 Å². The van der Waals surface area contributed by atoms with Crippen molar-refractivity contribution in [3.8, 4) is 5.75 Å². The number of aryl methyl sites for hydroxylation is 3. The molecule has 0 amide bonds. The zero-order valence-corrected chi connectivity index (χ0v) is 16.7. The third-order valence-corrected chi connectivity index (χ3v) is 5.55. The van der Waals surface area contributed by atoms with Gasteiger partial charge in [-0.05, 0) is 38.0 Å². The Morgan fingerprint density at radius 2 is 1.88 bits per heavy atom. The number of nitrogens with one attached hydrogen (secondary N) is 1. The van der Waals surface area contributed by atoms with E-state index in [9.17, 15) is 0 Å². The van der Waals surface area contributed by atoms with Crippen LogP contribution in [-0.2, 0) is 6.61 Å².